The minimum absolute atomic E-state index is 0.0923. The van der Waals surface area contributed by atoms with Gasteiger partial charge in [0.1, 0.15) is 24.7 Å². The molecule has 6 nitrogen and oxygen atoms in total. The van der Waals surface area contributed by atoms with Gasteiger partial charge in [-0.3, -0.25) is 19.3 Å². The van der Waals surface area contributed by atoms with Gasteiger partial charge in [0, 0.05) is 11.3 Å². The summed E-state index contributed by atoms with van der Waals surface area (Å²) < 4.78 is 19.3. The Morgan fingerprint density at radius 2 is 1.77 bits per heavy atom. The summed E-state index contributed by atoms with van der Waals surface area (Å²) in [6, 6.07) is 18.8. The number of nitrogens with one attached hydrogen (secondary N) is 1. The number of rotatable bonds is 7. The first-order valence-electron chi connectivity index (χ1n) is 10.9. The zero-order chi connectivity index (χ0) is 24.9. The molecule has 1 fully saturated rings. The summed E-state index contributed by atoms with van der Waals surface area (Å²) in [5.74, 6) is -0.751. The maximum absolute atomic E-state index is 13.7. The molecule has 4 rings (SSSR count). The summed E-state index contributed by atoms with van der Waals surface area (Å²) in [4.78, 5) is 38.8. The van der Waals surface area contributed by atoms with Crippen molar-refractivity contribution < 1.29 is 23.5 Å². The van der Waals surface area contributed by atoms with Gasteiger partial charge in [-0.1, -0.05) is 42.5 Å². The van der Waals surface area contributed by atoms with E-state index < -0.39 is 17.1 Å². The van der Waals surface area contributed by atoms with E-state index in [0.717, 1.165) is 27.8 Å². The lowest BCUT2D eigenvalue weighted by atomic mass is 10.1. The lowest BCUT2D eigenvalue weighted by Gasteiger charge is -2.14. The zero-order valence-corrected chi connectivity index (χ0v) is 20.0. The fraction of sp³-hybridized carbons (Fsp3) is 0.148. The van der Waals surface area contributed by atoms with E-state index in [1.807, 2.05) is 26.0 Å². The van der Waals surface area contributed by atoms with Gasteiger partial charge in [0.2, 0.25) is 5.91 Å². The molecular formula is C27H23FN2O4S. The van der Waals surface area contributed by atoms with Gasteiger partial charge in [-0.05, 0) is 72.6 Å². The second kappa shape index (κ2) is 10.6. The first kappa shape index (κ1) is 24.2. The Morgan fingerprint density at radius 1 is 1.03 bits per heavy atom. The summed E-state index contributed by atoms with van der Waals surface area (Å²) in [6.45, 7) is 3.56. The molecule has 3 aromatic rings. The molecule has 1 heterocycles. The van der Waals surface area contributed by atoms with Crippen LogP contribution in [0.4, 0.5) is 14.9 Å². The third-order valence-electron chi connectivity index (χ3n) is 5.58. The van der Waals surface area contributed by atoms with Crippen molar-refractivity contribution in [3.8, 4) is 5.75 Å². The van der Waals surface area contributed by atoms with E-state index in [4.69, 9.17) is 4.74 Å². The number of halogens is 1. The van der Waals surface area contributed by atoms with Crippen molar-refractivity contribution in [3.05, 3.63) is 99.7 Å². The first-order valence-corrected chi connectivity index (χ1v) is 11.7. The predicted molar refractivity (Wildman–Crippen MR) is 134 cm³/mol. The van der Waals surface area contributed by atoms with E-state index in [1.54, 1.807) is 54.6 Å². The number of hydrogen-bond acceptors (Lipinski definition) is 5. The van der Waals surface area contributed by atoms with Crippen LogP contribution in [0.25, 0.3) is 6.08 Å². The summed E-state index contributed by atoms with van der Waals surface area (Å²) in [5.41, 5.74) is 3.74. The first-order chi connectivity index (χ1) is 16.8. The highest BCUT2D eigenvalue weighted by atomic mass is 32.2. The number of carbonyl (C=O) groups excluding carboxylic acids is 3. The number of benzene rings is 3. The van der Waals surface area contributed by atoms with E-state index in [-0.39, 0.29) is 23.9 Å². The third-order valence-corrected chi connectivity index (χ3v) is 6.49. The van der Waals surface area contributed by atoms with E-state index in [2.05, 4.69) is 5.32 Å². The molecule has 3 amide bonds. The minimum Gasteiger partial charge on any atom is -0.489 e. The largest absolute Gasteiger partial charge is 0.489 e. The highest BCUT2D eigenvalue weighted by Gasteiger charge is 2.36. The lowest BCUT2D eigenvalue weighted by Crippen LogP contribution is -2.36. The van der Waals surface area contributed by atoms with Crippen LogP contribution in [0.2, 0.25) is 0 Å². The average molecular weight is 491 g/mol. The van der Waals surface area contributed by atoms with Crippen LogP contribution in [0, 0.1) is 19.7 Å². The van der Waals surface area contributed by atoms with Gasteiger partial charge in [0.25, 0.3) is 11.1 Å². The predicted octanol–water partition coefficient (Wildman–Crippen LogP) is 5.70. The van der Waals surface area contributed by atoms with Crippen molar-refractivity contribution in [2.75, 3.05) is 11.9 Å². The number of carbonyl (C=O) groups is 3. The van der Waals surface area contributed by atoms with Crippen LogP contribution in [0.5, 0.6) is 5.75 Å². The molecule has 0 bridgehead atoms. The number of imide groups is 1. The maximum atomic E-state index is 13.7. The SMILES string of the molecule is Cc1cccc(NC(=O)CN2C(=O)S/C(=C/c3ccc(OCc4ccccc4F)cc3)C2=O)c1C. The van der Waals surface area contributed by atoms with Gasteiger partial charge < -0.3 is 10.1 Å². The average Bonchev–Trinajstić information content (AvgIpc) is 3.09. The van der Waals surface area contributed by atoms with Crippen LogP contribution in [0.3, 0.4) is 0 Å². The molecule has 1 aliphatic rings. The summed E-state index contributed by atoms with van der Waals surface area (Å²) in [7, 11) is 0. The fourth-order valence-electron chi connectivity index (χ4n) is 3.44. The molecule has 1 aliphatic heterocycles. The molecule has 35 heavy (non-hydrogen) atoms. The third kappa shape index (κ3) is 5.78. The monoisotopic (exact) mass is 490 g/mol. The van der Waals surface area contributed by atoms with Crippen LogP contribution in [0.15, 0.2) is 71.6 Å². The van der Waals surface area contributed by atoms with Crippen LogP contribution in [-0.2, 0) is 16.2 Å². The second-order valence-corrected chi connectivity index (χ2v) is 9.01. The number of ether oxygens (including phenoxy) is 1. The second-order valence-electron chi connectivity index (χ2n) is 8.01. The molecule has 0 unspecified atom stereocenters. The number of amides is 3. The van der Waals surface area contributed by atoms with E-state index in [0.29, 0.717) is 22.6 Å². The van der Waals surface area contributed by atoms with E-state index in [1.165, 1.54) is 6.07 Å². The lowest BCUT2D eigenvalue weighted by molar-refractivity contribution is -0.127. The Hall–Kier alpha value is -3.91. The van der Waals surface area contributed by atoms with Crippen molar-refractivity contribution in [2.45, 2.75) is 20.5 Å². The number of hydrogen-bond donors (Lipinski definition) is 1. The standard InChI is InChI=1S/C27H23FN2O4S/c1-17-6-5-9-23(18(17)2)29-25(31)15-30-26(32)24(35-27(30)33)14-19-10-12-21(13-11-19)34-16-20-7-3-4-8-22(20)28/h3-14H,15-16H2,1-2H3,(H,29,31)/b24-14+. The van der Waals surface area contributed by atoms with Crippen LogP contribution in [-0.4, -0.2) is 28.5 Å². The Labute approximate surface area is 206 Å². The van der Waals surface area contributed by atoms with Crippen molar-refractivity contribution in [3.63, 3.8) is 0 Å². The van der Waals surface area contributed by atoms with Crippen LogP contribution in [0.1, 0.15) is 22.3 Å². The van der Waals surface area contributed by atoms with Gasteiger partial charge in [-0.2, -0.15) is 0 Å². The topological polar surface area (TPSA) is 75.7 Å². The summed E-state index contributed by atoms with van der Waals surface area (Å²) in [6.07, 6.45) is 1.59. The van der Waals surface area contributed by atoms with Gasteiger partial charge in [-0.15, -0.1) is 0 Å². The summed E-state index contributed by atoms with van der Waals surface area (Å²) in [5, 5.41) is 2.27. The number of anilines is 1. The Balaban J connectivity index is 1.37. The van der Waals surface area contributed by atoms with Gasteiger partial charge in [0.05, 0.1) is 4.91 Å². The van der Waals surface area contributed by atoms with Crippen LogP contribution >= 0.6 is 11.8 Å². The van der Waals surface area contributed by atoms with Crippen molar-refractivity contribution >= 4 is 40.6 Å². The normalized spacial score (nSPS) is 14.5. The summed E-state index contributed by atoms with van der Waals surface area (Å²) >= 11 is 0.789. The van der Waals surface area contributed by atoms with Crippen LogP contribution < -0.4 is 10.1 Å². The van der Waals surface area contributed by atoms with Crippen molar-refractivity contribution in [1.29, 1.82) is 0 Å². The van der Waals surface area contributed by atoms with Crippen molar-refractivity contribution in [1.82, 2.24) is 4.90 Å². The van der Waals surface area contributed by atoms with Gasteiger partial charge in [0.15, 0.2) is 0 Å². The fourth-order valence-corrected chi connectivity index (χ4v) is 4.28. The molecule has 1 N–H and O–H groups in total. The molecule has 0 aliphatic carbocycles. The highest BCUT2D eigenvalue weighted by molar-refractivity contribution is 8.18. The molecule has 8 heteroatoms. The highest BCUT2D eigenvalue weighted by Crippen LogP contribution is 2.32. The van der Waals surface area contributed by atoms with E-state index >= 15 is 0 Å². The Kier molecular flexibility index (Phi) is 7.31. The van der Waals surface area contributed by atoms with E-state index in [9.17, 15) is 18.8 Å². The smallest absolute Gasteiger partial charge is 0.294 e. The quantitative estimate of drug-likeness (QED) is 0.430. The maximum Gasteiger partial charge on any atom is 0.294 e. The molecule has 0 atom stereocenters. The van der Waals surface area contributed by atoms with Gasteiger partial charge >= 0.3 is 0 Å². The molecule has 0 saturated carbocycles. The Morgan fingerprint density at radius 3 is 2.51 bits per heavy atom. The number of nitrogens with zero attached hydrogens (tertiary/aromatic N) is 1. The Bertz CT molecular complexity index is 1320. The van der Waals surface area contributed by atoms with Gasteiger partial charge in [-0.25, -0.2) is 4.39 Å². The molecule has 0 spiro atoms. The molecule has 0 aromatic heterocycles. The number of aryl methyl sites for hydroxylation is 1. The molecule has 1 saturated heterocycles. The number of thioether (sulfide) groups is 1. The minimum atomic E-state index is -0.518. The molecule has 178 valence electrons. The molecule has 3 aromatic carbocycles. The van der Waals surface area contributed by atoms with Crippen molar-refractivity contribution in [2.24, 2.45) is 0 Å². The molecular weight excluding hydrogens is 467 g/mol. The zero-order valence-electron chi connectivity index (χ0n) is 19.2. The molecule has 0 radical (unpaired) electrons.